The van der Waals surface area contributed by atoms with Gasteiger partial charge in [0.05, 0.1) is 22.4 Å². The van der Waals surface area contributed by atoms with Gasteiger partial charge in [0.25, 0.3) is 0 Å². The number of carbonyl (C=O) groups is 2. The number of amides is 1. The molecule has 0 bridgehead atoms. The molecule has 0 fully saturated rings. The molecule has 0 saturated heterocycles. The van der Waals surface area contributed by atoms with Gasteiger partial charge >= 0.3 is 5.97 Å². The maximum absolute atomic E-state index is 11.8. The maximum Gasteiger partial charge on any atom is 0.338 e. The van der Waals surface area contributed by atoms with Crippen molar-refractivity contribution in [2.45, 2.75) is 27.2 Å². The fourth-order valence-electron chi connectivity index (χ4n) is 2.00. The summed E-state index contributed by atoms with van der Waals surface area (Å²) in [6, 6.07) is 5.16. The molecule has 2 rings (SSSR count). The molecule has 0 aliphatic heterocycles. The smallest absolute Gasteiger partial charge is 0.338 e. The Balaban J connectivity index is 2.06. The molecule has 8 heteroatoms. The summed E-state index contributed by atoms with van der Waals surface area (Å²) in [5.41, 5.74) is 1.22. The first kappa shape index (κ1) is 18.3. The van der Waals surface area contributed by atoms with Crippen LogP contribution < -0.4 is 10.6 Å². The second kappa shape index (κ2) is 8.16. The average Bonchev–Trinajstić information content (AvgIpc) is 2.87. The fraction of sp³-hybridized carbons (Fsp3) is 0.375. The van der Waals surface area contributed by atoms with Crippen molar-refractivity contribution in [1.29, 1.82) is 0 Å². The summed E-state index contributed by atoms with van der Waals surface area (Å²) >= 11 is 6.47. The Bertz CT molecular complexity index is 771. The van der Waals surface area contributed by atoms with Gasteiger partial charge in [-0.1, -0.05) is 25.2 Å². The van der Waals surface area contributed by atoms with E-state index in [0.29, 0.717) is 23.7 Å². The largest absolute Gasteiger partial charge is 0.462 e. The fourth-order valence-corrected chi connectivity index (χ4v) is 3.18. The molecule has 128 valence electrons. The van der Waals surface area contributed by atoms with Crippen LogP contribution in [0.3, 0.4) is 0 Å². The molecule has 2 aromatic rings. The molecular weight excluding hydrogens is 346 g/mol. The standard InChI is InChI=1S/C16H19N3O3S2/c1-4-22-14(21)10-5-6-11-12(8-10)24-16(17-11)19-15(23)18-13(20)7-9(2)3/h5-6,8-9H,4,7H2,1-3H3,(H2,17,18,19,20,23). The van der Waals surface area contributed by atoms with Gasteiger partial charge in [-0.25, -0.2) is 9.78 Å². The first-order valence-corrected chi connectivity index (χ1v) is 8.80. The van der Waals surface area contributed by atoms with Crippen LogP contribution in [0.25, 0.3) is 10.2 Å². The predicted molar refractivity (Wildman–Crippen MR) is 99.4 cm³/mol. The van der Waals surface area contributed by atoms with Crippen LogP contribution in [0.2, 0.25) is 0 Å². The van der Waals surface area contributed by atoms with Crippen LogP contribution in [-0.4, -0.2) is 28.6 Å². The van der Waals surface area contributed by atoms with Gasteiger partial charge in [0.1, 0.15) is 0 Å². The van der Waals surface area contributed by atoms with Gasteiger partial charge < -0.3 is 15.4 Å². The molecule has 0 unspecified atom stereocenters. The topological polar surface area (TPSA) is 80.3 Å². The van der Waals surface area contributed by atoms with Gasteiger partial charge in [-0.3, -0.25) is 4.79 Å². The van der Waals surface area contributed by atoms with Crippen LogP contribution >= 0.6 is 23.6 Å². The Hall–Kier alpha value is -2.06. The van der Waals surface area contributed by atoms with E-state index in [-0.39, 0.29) is 22.9 Å². The second-order valence-electron chi connectivity index (χ2n) is 5.52. The van der Waals surface area contributed by atoms with E-state index in [1.807, 2.05) is 13.8 Å². The highest BCUT2D eigenvalue weighted by Gasteiger charge is 2.12. The Morgan fingerprint density at radius 3 is 2.79 bits per heavy atom. The number of thiocarbonyl (C=S) groups is 1. The van der Waals surface area contributed by atoms with Crippen LogP contribution in [0, 0.1) is 5.92 Å². The van der Waals surface area contributed by atoms with Crippen LogP contribution in [0.1, 0.15) is 37.6 Å². The summed E-state index contributed by atoms with van der Waals surface area (Å²) in [5, 5.41) is 6.29. The lowest BCUT2D eigenvalue weighted by Crippen LogP contribution is -2.34. The van der Waals surface area contributed by atoms with Crippen LogP contribution in [0.15, 0.2) is 18.2 Å². The Kier molecular flexibility index (Phi) is 6.22. The summed E-state index contributed by atoms with van der Waals surface area (Å²) < 4.78 is 5.82. The molecule has 1 amide bonds. The van der Waals surface area contributed by atoms with Gasteiger partial charge in [0.15, 0.2) is 10.2 Å². The summed E-state index contributed by atoms with van der Waals surface area (Å²) in [6.45, 7) is 6.02. The quantitative estimate of drug-likeness (QED) is 0.625. The van der Waals surface area contributed by atoms with Crippen molar-refractivity contribution in [3.8, 4) is 0 Å². The third-order valence-electron chi connectivity index (χ3n) is 2.97. The van der Waals surface area contributed by atoms with Gasteiger partial charge in [-0.15, -0.1) is 0 Å². The second-order valence-corrected chi connectivity index (χ2v) is 6.96. The first-order chi connectivity index (χ1) is 11.4. The number of anilines is 1. The van der Waals surface area contributed by atoms with E-state index in [4.69, 9.17) is 17.0 Å². The number of fused-ring (bicyclic) bond motifs is 1. The molecule has 0 aliphatic carbocycles. The molecule has 0 saturated carbocycles. The third kappa shape index (κ3) is 4.97. The summed E-state index contributed by atoms with van der Waals surface area (Å²) in [5.74, 6) is -0.233. The number of thiazole rings is 1. The predicted octanol–water partition coefficient (Wildman–Crippen LogP) is 3.33. The zero-order chi connectivity index (χ0) is 17.7. The van der Waals surface area contributed by atoms with Crippen LogP contribution in [-0.2, 0) is 9.53 Å². The van der Waals surface area contributed by atoms with Gasteiger partial charge in [0.2, 0.25) is 5.91 Å². The number of carbonyl (C=O) groups excluding carboxylic acids is 2. The monoisotopic (exact) mass is 365 g/mol. The van der Waals surface area contributed by atoms with E-state index < -0.39 is 0 Å². The first-order valence-electron chi connectivity index (χ1n) is 7.57. The molecule has 6 nitrogen and oxygen atoms in total. The van der Waals surface area contributed by atoms with Crippen molar-refractivity contribution in [2.75, 3.05) is 11.9 Å². The molecule has 1 aromatic heterocycles. The maximum atomic E-state index is 11.8. The SMILES string of the molecule is CCOC(=O)c1ccc2nc(NC(=S)NC(=O)CC(C)C)sc2c1. The summed E-state index contributed by atoms with van der Waals surface area (Å²) in [6.07, 6.45) is 0.407. The van der Waals surface area contributed by atoms with E-state index in [9.17, 15) is 9.59 Å². The lowest BCUT2D eigenvalue weighted by Gasteiger charge is -2.08. The molecule has 1 aromatic carbocycles. The summed E-state index contributed by atoms with van der Waals surface area (Å²) in [7, 11) is 0. The zero-order valence-electron chi connectivity index (χ0n) is 13.7. The van der Waals surface area contributed by atoms with Crippen molar-refractivity contribution in [2.24, 2.45) is 5.92 Å². The zero-order valence-corrected chi connectivity index (χ0v) is 15.3. The third-order valence-corrected chi connectivity index (χ3v) is 4.10. The number of aromatic nitrogens is 1. The number of benzene rings is 1. The molecule has 2 N–H and O–H groups in total. The minimum Gasteiger partial charge on any atom is -0.462 e. The minimum atomic E-state index is -0.362. The molecular formula is C16H19N3O3S2. The van der Waals surface area contributed by atoms with E-state index in [0.717, 1.165) is 10.2 Å². The highest BCUT2D eigenvalue weighted by atomic mass is 32.1. The van der Waals surface area contributed by atoms with Crippen molar-refractivity contribution >= 4 is 55.9 Å². The molecule has 0 spiro atoms. The Labute approximate surface area is 149 Å². The van der Waals surface area contributed by atoms with E-state index in [2.05, 4.69) is 15.6 Å². The molecule has 0 atom stereocenters. The summed E-state index contributed by atoms with van der Waals surface area (Å²) in [4.78, 5) is 27.8. The molecule has 0 radical (unpaired) electrons. The van der Waals surface area contributed by atoms with Crippen molar-refractivity contribution < 1.29 is 14.3 Å². The van der Waals surface area contributed by atoms with Gasteiger partial charge in [-0.2, -0.15) is 0 Å². The van der Waals surface area contributed by atoms with Gasteiger partial charge in [-0.05, 0) is 43.3 Å². The average molecular weight is 365 g/mol. The normalized spacial score (nSPS) is 10.7. The van der Waals surface area contributed by atoms with E-state index in [1.165, 1.54) is 11.3 Å². The van der Waals surface area contributed by atoms with E-state index >= 15 is 0 Å². The van der Waals surface area contributed by atoms with Crippen molar-refractivity contribution in [3.05, 3.63) is 23.8 Å². The lowest BCUT2D eigenvalue weighted by atomic mass is 10.1. The lowest BCUT2D eigenvalue weighted by molar-refractivity contribution is -0.120. The highest BCUT2D eigenvalue weighted by Crippen LogP contribution is 2.27. The number of rotatable bonds is 5. The number of esters is 1. The number of ether oxygens (including phenoxy) is 1. The van der Waals surface area contributed by atoms with Crippen molar-refractivity contribution in [3.63, 3.8) is 0 Å². The van der Waals surface area contributed by atoms with Crippen LogP contribution in [0.5, 0.6) is 0 Å². The van der Waals surface area contributed by atoms with Crippen molar-refractivity contribution in [1.82, 2.24) is 10.3 Å². The molecule has 24 heavy (non-hydrogen) atoms. The Morgan fingerprint density at radius 2 is 2.12 bits per heavy atom. The highest BCUT2D eigenvalue weighted by molar-refractivity contribution is 7.80. The number of nitrogens with one attached hydrogen (secondary N) is 2. The minimum absolute atomic E-state index is 0.131. The van der Waals surface area contributed by atoms with E-state index in [1.54, 1.807) is 25.1 Å². The number of nitrogens with zero attached hydrogens (tertiary/aromatic N) is 1. The van der Waals surface area contributed by atoms with Crippen LogP contribution in [0.4, 0.5) is 5.13 Å². The number of hydrogen-bond donors (Lipinski definition) is 2. The number of hydrogen-bond acceptors (Lipinski definition) is 6. The van der Waals surface area contributed by atoms with Gasteiger partial charge in [0, 0.05) is 6.42 Å². The molecule has 1 heterocycles. The Morgan fingerprint density at radius 1 is 1.38 bits per heavy atom. The molecule has 0 aliphatic rings.